The van der Waals surface area contributed by atoms with Crippen LogP contribution in [0.4, 0.5) is 0 Å². The molecule has 2 aliphatic rings. The Bertz CT molecular complexity index is 764. The molecule has 1 fully saturated rings. The van der Waals surface area contributed by atoms with E-state index in [1.165, 1.54) is 0 Å². The van der Waals surface area contributed by atoms with Gasteiger partial charge in [-0.2, -0.15) is 0 Å². The minimum absolute atomic E-state index is 0.104. The first kappa shape index (κ1) is 18.6. The minimum Gasteiger partial charge on any atom is -0.494 e. The largest absolute Gasteiger partial charge is 0.494 e. The topological polar surface area (TPSA) is 92.8 Å². The Balaban J connectivity index is 1.71. The molecule has 0 aromatic heterocycles. The highest BCUT2D eigenvalue weighted by atomic mass is 79.9. The van der Waals surface area contributed by atoms with Crippen molar-refractivity contribution in [2.75, 3.05) is 11.9 Å². The summed E-state index contributed by atoms with van der Waals surface area (Å²) in [5.74, 6) is -1.51. The lowest BCUT2D eigenvalue weighted by molar-refractivity contribution is -0.136. The number of unbranched alkanes of at least 4 members (excludes halogenated alkanes) is 2. The van der Waals surface area contributed by atoms with Crippen molar-refractivity contribution < 1.29 is 23.9 Å². The predicted molar refractivity (Wildman–Crippen MR) is 96.3 cm³/mol. The number of carbonyl (C=O) groups is 4. The molecule has 7 nitrogen and oxygen atoms in total. The highest BCUT2D eigenvalue weighted by Crippen LogP contribution is 2.30. The van der Waals surface area contributed by atoms with Crippen LogP contribution >= 0.6 is 15.9 Å². The number of carbonyl (C=O) groups excluding carboxylic acids is 4. The van der Waals surface area contributed by atoms with Crippen LogP contribution in [0, 0.1) is 0 Å². The lowest BCUT2D eigenvalue weighted by atomic mass is 10.0. The molecule has 1 aromatic carbocycles. The third kappa shape index (κ3) is 3.65. The fourth-order valence-corrected chi connectivity index (χ4v) is 3.50. The molecular weight excluding hydrogens is 404 g/mol. The number of nitrogens with one attached hydrogen (secondary N) is 1. The average molecular weight is 423 g/mol. The van der Waals surface area contributed by atoms with Crippen molar-refractivity contribution in [2.45, 2.75) is 38.1 Å². The van der Waals surface area contributed by atoms with E-state index in [4.69, 9.17) is 4.74 Å². The molecule has 4 amide bonds. The standard InChI is InChI=1S/C18H19BrN2O5/c19-8-2-1-3-9-26-11-4-5-12-13(10-11)18(25)21(17(12)24)14-6-7-15(22)20-16(14)23/h4-5,10,14H,1-3,6-9H2,(H,20,22,23). The summed E-state index contributed by atoms with van der Waals surface area (Å²) in [6.07, 6.45) is 3.26. The van der Waals surface area contributed by atoms with Gasteiger partial charge < -0.3 is 4.74 Å². The summed E-state index contributed by atoms with van der Waals surface area (Å²) in [6, 6.07) is 3.80. The van der Waals surface area contributed by atoms with Crippen molar-refractivity contribution in [1.29, 1.82) is 0 Å². The van der Waals surface area contributed by atoms with Crippen molar-refractivity contribution in [2.24, 2.45) is 0 Å². The smallest absolute Gasteiger partial charge is 0.262 e. The zero-order valence-electron chi connectivity index (χ0n) is 14.1. The first-order chi connectivity index (χ1) is 12.5. The van der Waals surface area contributed by atoms with Crippen molar-refractivity contribution in [3.8, 4) is 5.75 Å². The van der Waals surface area contributed by atoms with Crippen molar-refractivity contribution in [3.63, 3.8) is 0 Å². The summed E-state index contributed by atoms with van der Waals surface area (Å²) in [7, 11) is 0. The first-order valence-corrected chi connectivity index (χ1v) is 9.69. The second-order valence-corrected chi connectivity index (χ2v) is 7.05. The highest BCUT2D eigenvalue weighted by molar-refractivity contribution is 9.09. The number of nitrogens with zero attached hydrogens (tertiary/aromatic N) is 1. The maximum absolute atomic E-state index is 12.7. The third-order valence-electron chi connectivity index (χ3n) is 4.46. The van der Waals surface area contributed by atoms with Crippen molar-refractivity contribution in [3.05, 3.63) is 29.3 Å². The summed E-state index contributed by atoms with van der Waals surface area (Å²) >= 11 is 3.38. The SMILES string of the molecule is O=C1CCC(N2C(=O)c3ccc(OCCCCCBr)cc3C2=O)C(=O)N1. The van der Waals surface area contributed by atoms with E-state index in [1.54, 1.807) is 18.2 Å². The Labute approximate surface area is 159 Å². The van der Waals surface area contributed by atoms with Crippen LogP contribution in [0.1, 0.15) is 52.8 Å². The normalized spacial score (nSPS) is 19.6. The van der Waals surface area contributed by atoms with E-state index in [9.17, 15) is 19.2 Å². The van der Waals surface area contributed by atoms with E-state index in [0.717, 1.165) is 29.5 Å². The van der Waals surface area contributed by atoms with E-state index in [1.807, 2.05) is 0 Å². The van der Waals surface area contributed by atoms with Crippen LogP contribution in [-0.4, -0.2) is 46.5 Å². The summed E-state index contributed by atoms with van der Waals surface area (Å²) < 4.78 is 5.66. The first-order valence-electron chi connectivity index (χ1n) is 8.57. The Morgan fingerprint density at radius 1 is 1.08 bits per heavy atom. The third-order valence-corrected chi connectivity index (χ3v) is 5.02. The molecule has 2 aliphatic heterocycles. The number of rotatable bonds is 7. The van der Waals surface area contributed by atoms with Gasteiger partial charge in [0.1, 0.15) is 11.8 Å². The number of hydrogen-bond acceptors (Lipinski definition) is 5. The molecule has 3 rings (SSSR count). The summed E-state index contributed by atoms with van der Waals surface area (Å²) in [4.78, 5) is 49.5. The number of ether oxygens (including phenoxy) is 1. The molecule has 1 aromatic rings. The molecule has 0 radical (unpaired) electrons. The Morgan fingerprint density at radius 3 is 2.58 bits per heavy atom. The molecule has 2 heterocycles. The van der Waals surface area contributed by atoms with Crippen LogP contribution in [0.2, 0.25) is 0 Å². The van der Waals surface area contributed by atoms with E-state index in [0.29, 0.717) is 12.4 Å². The van der Waals surface area contributed by atoms with Gasteiger partial charge in [0.05, 0.1) is 17.7 Å². The number of alkyl halides is 1. The Hall–Kier alpha value is -2.22. The molecule has 138 valence electrons. The van der Waals surface area contributed by atoms with Gasteiger partial charge in [-0.25, -0.2) is 0 Å². The highest BCUT2D eigenvalue weighted by Gasteiger charge is 2.44. The van der Waals surface area contributed by atoms with Gasteiger partial charge in [-0.3, -0.25) is 29.4 Å². The molecule has 26 heavy (non-hydrogen) atoms. The zero-order valence-corrected chi connectivity index (χ0v) is 15.7. The fraction of sp³-hybridized carbons (Fsp3) is 0.444. The molecule has 1 saturated heterocycles. The van der Waals surface area contributed by atoms with Crippen molar-refractivity contribution >= 4 is 39.6 Å². The number of imide groups is 2. The molecule has 0 aliphatic carbocycles. The minimum atomic E-state index is -0.950. The second-order valence-electron chi connectivity index (χ2n) is 6.25. The quantitative estimate of drug-likeness (QED) is 0.412. The van der Waals surface area contributed by atoms with Crippen molar-refractivity contribution in [1.82, 2.24) is 10.2 Å². The number of amides is 4. The van der Waals surface area contributed by atoms with Gasteiger partial charge in [-0.15, -0.1) is 0 Å². The molecule has 1 atom stereocenters. The molecule has 0 saturated carbocycles. The average Bonchev–Trinajstić information content (AvgIpc) is 2.86. The van der Waals surface area contributed by atoms with E-state index in [-0.39, 0.29) is 24.0 Å². The summed E-state index contributed by atoms with van der Waals surface area (Å²) in [5, 5.41) is 3.14. The summed E-state index contributed by atoms with van der Waals surface area (Å²) in [6.45, 7) is 0.533. The van der Waals surface area contributed by atoms with E-state index >= 15 is 0 Å². The van der Waals surface area contributed by atoms with Gasteiger partial charge >= 0.3 is 0 Å². The maximum Gasteiger partial charge on any atom is 0.262 e. The zero-order chi connectivity index (χ0) is 18.7. The number of hydrogen-bond donors (Lipinski definition) is 1. The Morgan fingerprint density at radius 2 is 1.85 bits per heavy atom. The number of piperidine rings is 1. The maximum atomic E-state index is 12.7. The predicted octanol–water partition coefficient (Wildman–Crippen LogP) is 2.03. The van der Waals surface area contributed by atoms with Gasteiger partial charge in [0.25, 0.3) is 11.8 Å². The van der Waals surface area contributed by atoms with Gasteiger partial charge in [0, 0.05) is 11.8 Å². The van der Waals surface area contributed by atoms with Crippen LogP contribution in [-0.2, 0) is 9.59 Å². The van der Waals surface area contributed by atoms with E-state index < -0.39 is 29.7 Å². The van der Waals surface area contributed by atoms with Crippen LogP contribution in [0.3, 0.4) is 0 Å². The van der Waals surface area contributed by atoms with Gasteiger partial charge in [0.15, 0.2) is 0 Å². The second kappa shape index (κ2) is 7.99. The van der Waals surface area contributed by atoms with Crippen LogP contribution < -0.4 is 10.1 Å². The fourth-order valence-electron chi connectivity index (χ4n) is 3.10. The molecule has 1 unspecified atom stereocenters. The summed E-state index contributed by atoms with van der Waals surface area (Å²) in [5.41, 5.74) is 0.490. The lowest BCUT2D eigenvalue weighted by Crippen LogP contribution is -2.54. The number of benzene rings is 1. The number of halogens is 1. The Kier molecular flexibility index (Phi) is 5.70. The molecular formula is C18H19BrN2O5. The molecule has 0 bridgehead atoms. The monoisotopic (exact) mass is 422 g/mol. The lowest BCUT2D eigenvalue weighted by Gasteiger charge is -2.27. The number of fused-ring (bicyclic) bond motifs is 1. The van der Waals surface area contributed by atoms with Gasteiger partial charge in [0.2, 0.25) is 11.8 Å². The van der Waals surface area contributed by atoms with E-state index in [2.05, 4.69) is 21.2 Å². The van der Waals surface area contributed by atoms with Gasteiger partial charge in [-0.05, 0) is 43.9 Å². The molecule has 0 spiro atoms. The van der Waals surface area contributed by atoms with Crippen LogP contribution in [0.15, 0.2) is 18.2 Å². The van der Waals surface area contributed by atoms with Gasteiger partial charge in [-0.1, -0.05) is 15.9 Å². The molecule has 8 heteroatoms. The van der Waals surface area contributed by atoms with Crippen LogP contribution in [0.5, 0.6) is 5.75 Å². The van der Waals surface area contributed by atoms with Crippen LogP contribution in [0.25, 0.3) is 0 Å². The molecule has 1 N–H and O–H groups in total.